The van der Waals surface area contributed by atoms with Crippen molar-refractivity contribution in [2.45, 2.75) is 69.0 Å². The molecule has 3 atom stereocenters. The zero-order valence-corrected chi connectivity index (χ0v) is 13.9. The number of halogens is 1. The maximum atomic E-state index is 13.8. The molecule has 0 radical (unpaired) electrons. The van der Waals surface area contributed by atoms with Gasteiger partial charge in [0.15, 0.2) is 0 Å². The highest BCUT2D eigenvalue weighted by Gasteiger charge is 2.48. The average Bonchev–Trinajstić information content (AvgIpc) is 3.13. The van der Waals surface area contributed by atoms with E-state index in [1.165, 1.54) is 18.9 Å². The van der Waals surface area contributed by atoms with Gasteiger partial charge >= 0.3 is 5.97 Å². The van der Waals surface area contributed by atoms with Crippen LogP contribution in [0.15, 0.2) is 18.2 Å². The fourth-order valence-electron chi connectivity index (χ4n) is 4.63. The van der Waals surface area contributed by atoms with Crippen molar-refractivity contribution in [1.29, 1.82) is 0 Å². The van der Waals surface area contributed by atoms with Crippen molar-refractivity contribution in [3.8, 4) is 0 Å². The van der Waals surface area contributed by atoms with E-state index in [9.17, 15) is 9.18 Å². The van der Waals surface area contributed by atoms with Gasteiger partial charge in [0.1, 0.15) is 5.82 Å². The Kier molecular flexibility index (Phi) is 3.99. The van der Waals surface area contributed by atoms with Crippen LogP contribution in [0.1, 0.15) is 63.0 Å². The third-order valence-electron chi connectivity index (χ3n) is 6.05. The maximum absolute atomic E-state index is 13.8. The lowest BCUT2D eigenvalue weighted by Gasteiger charge is -2.40. The number of aliphatic carboxylic acids is 1. The standard InChI is InChI=1S/C19H25FN2O2/c20-12-6-7-16-14(11-12)18(13-3-1-4-15(13)21-16)22-19(9-10-19)8-2-5-17(23)24/h6-7,11,13,15,18,21-22H,1-5,8-10H2,(H,23,24)/t13-,15+,18-/m1/s1. The van der Waals surface area contributed by atoms with Gasteiger partial charge in [-0.15, -0.1) is 0 Å². The van der Waals surface area contributed by atoms with Gasteiger partial charge in [-0.3, -0.25) is 4.79 Å². The minimum absolute atomic E-state index is 0.0637. The first kappa shape index (κ1) is 15.9. The molecule has 2 saturated carbocycles. The molecule has 0 spiro atoms. The number of benzene rings is 1. The number of fused-ring (bicyclic) bond motifs is 2. The predicted octanol–water partition coefficient (Wildman–Crippen LogP) is 3.84. The molecule has 0 amide bonds. The van der Waals surface area contributed by atoms with E-state index in [0.717, 1.165) is 36.9 Å². The smallest absolute Gasteiger partial charge is 0.303 e. The molecule has 0 aromatic heterocycles. The summed E-state index contributed by atoms with van der Waals surface area (Å²) in [5, 5.41) is 16.3. The maximum Gasteiger partial charge on any atom is 0.303 e. The Labute approximate surface area is 141 Å². The molecule has 0 bridgehead atoms. The van der Waals surface area contributed by atoms with Crippen LogP contribution >= 0.6 is 0 Å². The van der Waals surface area contributed by atoms with Crippen LogP contribution in [0.5, 0.6) is 0 Å². The molecule has 2 fully saturated rings. The van der Waals surface area contributed by atoms with Crippen molar-refractivity contribution in [3.63, 3.8) is 0 Å². The number of carbonyl (C=O) groups is 1. The van der Waals surface area contributed by atoms with Gasteiger partial charge in [0.2, 0.25) is 0 Å². The van der Waals surface area contributed by atoms with Crippen molar-refractivity contribution in [1.82, 2.24) is 5.32 Å². The van der Waals surface area contributed by atoms with Gasteiger partial charge in [-0.25, -0.2) is 4.39 Å². The molecule has 3 N–H and O–H groups in total. The van der Waals surface area contributed by atoms with Crippen molar-refractivity contribution in [3.05, 3.63) is 29.6 Å². The van der Waals surface area contributed by atoms with Crippen molar-refractivity contribution >= 4 is 11.7 Å². The number of nitrogens with one attached hydrogen (secondary N) is 2. The van der Waals surface area contributed by atoms with E-state index in [4.69, 9.17) is 5.11 Å². The summed E-state index contributed by atoms with van der Waals surface area (Å²) in [6.45, 7) is 0. The molecule has 1 aromatic carbocycles. The molecule has 5 heteroatoms. The quantitative estimate of drug-likeness (QED) is 0.741. The van der Waals surface area contributed by atoms with E-state index in [1.54, 1.807) is 6.07 Å². The molecule has 3 aliphatic rings. The van der Waals surface area contributed by atoms with Crippen LogP contribution in [0.3, 0.4) is 0 Å². The minimum atomic E-state index is -0.726. The van der Waals surface area contributed by atoms with Crippen LogP contribution in [-0.4, -0.2) is 22.7 Å². The van der Waals surface area contributed by atoms with Gasteiger partial charge in [-0.05, 0) is 68.2 Å². The van der Waals surface area contributed by atoms with E-state index >= 15 is 0 Å². The molecular weight excluding hydrogens is 307 g/mol. The van der Waals surface area contributed by atoms with Gasteiger partial charge in [0, 0.05) is 29.7 Å². The van der Waals surface area contributed by atoms with E-state index < -0.39 is 5.97 Å². The SMILES string of the molecule is O=C(O)CCCC1(N[C@H]2c3cc(F)ccc3N[C@H]3CCC[C@H]32)CC1. The summed E-state index contributed by atoms with van der Waals surface area (Å²) in [5.74, 6) is -0.415. The van der Waals surface area contributed by atoms with Gasteiger partial charge < -0.3 is 15.7 Å². The zero-order valence-electron chi connectivity index (χ0n) is 13.9. The molecule has 4 rings (SSSR count). The van der Waals surface area contributed by atoms with Gasteiger partial charge in [-0.2, -0.15) is 0 Å². The van der Waals surface area contributed by atoms with Gasteiger partial charge in [-0.1, -0.05) is 6.42 Å². The Morgan fingerprint density at radius 2 is 2.21 bits per heavy atom. The molecule has 2 aliphatic carbocycles. The highest BCUT2D eigenvalue weighted by molar-refractivity contribution is 5.66. The Morgan fingerprint density at radius 3 is 2.96 bits per heavy atom. The normalized spacial score (nSPS) is 29.5. The first-order chi connectivity index (χ1) is 11.6. The average molecular weight is 332 g/mol. The monoisotopic (exact) mass is 332 g/mol. The topological polar surface area (TPSA) is 61.4 Å². The second-order valence-electron chi connectivity index (χ2n) is 7.73. The number of hydrogen-bond acceptors (Lipinski definition) is 3. The highest BCUT2D eigenvalue weighted by Crippen LogP contribution is 2.49. The van der Waals surface area contributed by atoms with E-state index in [-0.39, 0.29) is 23.8 Å². The van der Waals surface area contributed by atoms with Gasteiger partial charge in [0.25, 0.3) is 0 Å². The van der Waals surface area contributed by atoms with Crippen molar-refractivity contribution in [2.75, 3.05) is 5.32 Å². The Bertz CT molecular complexity index is 644. The first-order valence-corrected chi connectivity index (χ1v) is 9.12. The van der Waals surface area contributed by atoms with E-state index in [2.05, 4.69) is 10.6 Å². The lowest BCUT2D eigenvalue weighted by atomic mass is 9.83. The van der Waals surface area contributed by atoms with Crippen molar-refractivity contribution in [2.24, 2.45) is 5.92 Å². The molecule has 1 heterocycles. The predicted molar refractivity (Wildman–Crippen MR) is 90.5 cm³/mol. The number of rotatable bonds is 6. The molecule has 0 saturated heterocycles. The molecule has 24 heavy (non-hydrogen) atoms. The van der Waals surface area contributed by atoms with Crippen LogP contribution in [0.2, 0.25) is 0 Å². The fraction of sp³-hybridized carbons (Fsp3) is 0.632. The Hall–Kier alpha value is -1.62. The largest absolute Gasteiger partial charge is 0.481 e. The molecule has 0 unspecified atom stereocenters. The second-order valence-corrected chi connectivity index (χ2v) is 7.73. The lowest BCUT2D eigenvalue weighted by molar-refractivity contribution is -0.137. The van der Waals surface area contributed by atoms with Crippen molar-refractivity contribution < 1.29 is 14.3 Å². The van der Waals surface area contributed by atoms with E-state index in [1.807, 2.05) is 6.07 Å². The minimum Gasteiger partial charge on any atom is -0.481 e. The Balaban J connectivity index is 1.54. The number of carboxylic acid groups (broad SMARTS) is 1. The first-order valence-electron chi connectivity index (χ1n) is 9.12. The van der Waals surface area contributed by atoms with Crippen LogP contribution in [0.25, 0.3) is 0 Å². The molecule has 4 nitrogen and oxygen atoms in total. The summed E-state index contributed by atoms with van der Waals surface area (Å²) < 4.78 is 13.8. The molecule has 130 valence electrons. The number of hydrogen-bond donors (Lipinski definition) is 3. The fourth-order valence-corrected chi connectivity index (χ4v) is 4.63. The second kappa shape index (κ2) is 6.03. The Morgan fingerprint density at radius 1 is 1.38 bits per heavy atom. The summed E-state index contributed by atoms with van der Waals surface area (Å²) in [6, 6.07) is 5.70. The molecular formula is C19H25FN2O2. The third kappa shape index (κ3) is 3.02. The summed E-state index contributed by atoms with van der Waals surface area (Å²) in [5.41, 5.74) is 2.16. The lowest BCUT2D eigenvalue weighted by Crippen LogP contribution is -2.45. The van der Waals surface area contributed by atoms with Crippen LogP contribution in [0.4, 0.5) is 10.1 Å². The van der Waals surface area contributed by atoms with E-state index in [0.29, 0.717) is 18.4 Å². The number of carboxylic acids is 1. The van der Waals surface area contributed by atoms with Crippen LogP contribution in [-0.2, 0) is 4.79 Å². The zero-order chi connectivity index (χ0) is 16.7. The highest BCUT2D eigenvalue weighted by atomic mass is 19.1. The van der Waals surface area contributed by atoms with Crippen LogP contribution < -0.4 is 10.6 Å². The molecule has 1 aliphatic heterocycles. The van der Waals surface area contributed by atoms with Crippen LogP contribution in [0, 0.1) is 11.7 Å². The summed E-state index contributed by atoms with van der Waals surface area (Å²) in [7, 11) is 0. The molecule has 1 aromatic rings. The summed E-state index contributed by atoms with van der Waals surface area (Å²) >= 11 is 0. The summed E-state index contributed by atoms with van der Waals surface area (Å²) in [6.07, 6.45) is 7.57. The number of anilines is 1. The van der Waals surface area contributed by atoms with Gasteiger partial charge in [0.05, 0.1) is 0 Å². The third-order valence-corrected chi connectivity index (χ3v) is 6.05. The summed E-state index contributed by atoms with van der Waals surface area (Å²) in [4.78, 5) is 10.8.